The zero-order valence-corrected chi connectivity index (χ0v) is 8.27. The quantitative estimate of drug-likeness (QED) is 0.540. The van der Waals surface area contributed by atoms with Crippen LogP contribution in [0.1, 0.15) is 33.1 Å². The molecule has 0 spiro atoms. The van der Waals surface area contributed by atoms with Crippen LogP contribution in [0, 0.1) is 0 Å². The molecule has 12 heavy (non-hydrogen) atoms. The van der Waals surface area contributed by atoms with Crippen molar-refractivity contribution in [3.8, 4) is 0 Å². The Morgan fingerprint density at radius 2 is 2.17 bits per heavy atom. The molecule has 0 aromatic rings. The van der Waals surface area contributed by atoms with Gasteiger partial charge in [-0.1, -0.05) is 6.58 Å². The smallest absolute Gasteiger partial charge is 0.0270 e. The predicted octanol–water partition coefficient (Wildman–Crippen LogP) is 2.59. The maximum absolute atomic E-state index is 3.73. The first-order valence-electron chi connectivity index (χ1n) is 4.86. The summed E-state index contributed by atoms with van der Waals surface area (Å²) in [4.78, 5) is 2.50. The van der Waals surface area contributed by atoms with Crippen molar-refractivity contribution in [1.29, 1.82) is 0 Å². The Hall–Kier alpha value is -0.520. The van der Waals surface area contributed by atoms with Gasteiger partial charge in [0, 0.05) is 12.6 Å². The van der Waals surface area contributed by atoms with Crippen molar-refractivity contribution < 1.29 is 0 Å². The van der Waals surface area contributed by atoms with E-state index in [-0.39, 0.29) is 0 Å². The average molecular weight is 165 g/mol. The Morgan fingerprint density at radius 1 is 1.42 bits per heavy atom. The molecule has 1 heterocycles. The molecular formula is C11H19N. The van der Waals surface area contributed by atoms with E-state index in [1.807, 2.05) is 0 Å². The highest BCUT2D eigenvalue weighted by atomic mass is 15.1. The average Bonchev–Trinajstić information content (AvgIpc) is 2.28. The van der Waals surface area contributed by atoms with E-state index in [9.17, 15) is 0 Å². The summed E-state index contributed by atoms with van der Waals surface area (Å²) in [5, 5.41) is 0. The lowest BCUT2D eigenvalue weighted by Crippen LogP contribution is -2.32. The maximum atomic E-state index is 3.73. The Morgan fingerprint density at radius 3 is 2.75 bits per heavy atom. The first-order valence-corrected chi connectivity index (χ1v) is 4.86. The highest BCUT2D eigenvalue weighted by Crippen LogP contribution is 2.15. The molecule has 0 amide bonds. The van der Waals surface area contributed by atoms with Crippen molar-refractivity contribution >= 4 is 0 Å². The van der Waals surface area contributed by atoms with Gasteiger partial charge in [-0.2, -0.15) is 0 Å². The van der Waals surface area contributed by atoms with E-state index in [1.54, 1.807) is 0 Å². The molecule has 0 N–H and O–H groups in total. The van der Waals surface area contributed by atoms with Gasteiger partial charge in [-0.15, -0.1) is 5.73 Å². The summed E-state index contributed by atoms with van der Waals surface area (Å²) >= 11 is 0. The SMILES string of the molecule is C=C=C1CCCCN(C(C)C)C1. The Kier molecular flexibility index (Phi) is 3.58. The lowest BCUT2D eigenvalue weighted by Gasteiger charge is -2.24. The molecule has 0 atom stereocenters. The highest BCUT2D eigenvalue weighted by molar-refractivity contribution is 5.03. The largest absolute Gasteiger partial charge is 0.296 e. The molecule has 1 rings (SSSR count). The third kappa shape index (κ3) is 2.51. The van der Waals surface area contributed by atoms with Crippen LogP contribution >= 0.6 is 0 Å². The van der Waals surface area contributed by atoms with Crippen molar-refractivity contribution in [2.75, 3.05) is 13.1 Å². The molecule has 1 saturated heterocycles. The van der Waals surface area contributed by atoms with Gasteiger partial charge < -0.3 is 0 Å². The van der Waals surface area contributed by atoms with Crippen LogP contribution in [-0.4, -0.2) is 24.0 Å². The van der Waals surface area contributed by atoms with Crippen molar-refractivity contribution in [2.24, 2.45) is 0 Å². The summed E-state index contributed by atoms with van der Waals surface area (Å²) in [6.07, 6.45) is 3.83. The first-order chi connectivity index (χ1) is 5.74. The fraction of sp³-hybridized carbons (Fsp3) is 0.727. The minimum Gasteiger partial charge on any atom is -0.296 e. The third-order valence-electron chi connectivity index (χ3n) is 2.55. The van der Waals surface area contributed by atoms with Crippen LogP contribution in [0.2, 0.25) is 0 Å². The van der Waals surface area contributed by atoms with Gasteiger partial charge in [0.2, 0.25) is 0 Å². The second-order valence-electron chi connectivity index (χ2n) is 3.80. The molecule has 1 fully saturated rings. The van der Waals surface area contributed by atoms with E-state index < -0.39 is 0 Å². The molecule has 0 radical (unpaired) electrons. The van der Waals surface area contributed by atoms with Gasteiger partial charge in [-0.3, -0.25) is 4.90 Å². The maximum Gasteiger partial charge on any atom is 0.0270 e. The van der Waals surface area contributed by atoms with Crippen LogP contribution in [0.3, 0.4) is 0 Å². The fourth-order valence-corrected chi connectivity index (χ4v) is 1.64. The minimum atomic E-state index is 0.659. The number of nitrogens with zero attached hydrogens (tertiary/aromatic N) is 1. The summed E-state index contributed by atoms with van der Waals surface area (Å²) in [5.41, 5.74) is 4.44. The van der Waals surface area contributed by atoms with Crippen molar-refractivity contribution in [3.63, 3.8) is 0 Å². The summed E-state index contributed by atoms with van der Waals surface area (Å²) in [7, 11) is 0. The summed E-state index contributed by atoms with van der Waals surface area (Å²) in [5.74, 6) is 0. The van der Waals surface area contributed by atoms with Gasteiger partial charge in [0.05, 0.1) is 0 Å². The molecule has 0 unspecified atom stereocenters. The van der Waals surface area contributed by atoms with Crippen LogP contribution in [0.15, 0.2) is 17.9 Å². The minimum absolute atomic E-state index is 0.659. The van der Waals surface area contributed by atoms with Gasteiger partial charge in [-0.05, 0) is 45.2 Å². The number of hydrogen-bond donors (Lipinski definition) is 0. The molecule has 1 aliphatic heterocycles. The van der Waals surface area contributed by atoms with E-state index in [4.69, 9.17) is 0 Å². The number of likely N-dealkylation sites (tertiary alicyclic amines) is 1. The third-order valence-corrected chi connectivity index (χ3v) is 2.55. The van der Waals surface area contributed by atoms with E-state index >= 15 is 0 Å². The Bertz CT molecular complexity index is 187. The molecule has 1 aliphatic rings. The van der Waals surface area contributed by atoms with Crippen LogP contribution in [0.5, 0.6) is 0 Å². The van der Waals surface area contributed by atoms with Gasteiger partial charge >= 0.3 is 0 Å². The molecule has 1 nitrogen and oxygen atoms in total. The van der Waals surface area contributed by atoms with Gasteiger partial charge in [-0.25, -0.2) is 0 Å². The van der Waals surface area contributed by atoms with Crippen LogP contribution < -0.4 is 0 Å². The molecule has 0 bridgehead atoms. The molecule has 68 valence electrons. The van der Waals surface area contributed by atoms with Gasteiger partial charge in [0.1, 0.15) is 0 Å². The second kappa shape index (κ2) is 4.49. The molecule has 1 heteroatoms. The fourth-order valence-electron chi connectivity index (χ4n) is 1.64. The molecule has 0 aliphatic carbocycles. The van der Waals surface area contributed by atoms with E-state index in [0.29, 0.717) is 6.04 Å². The zero-order chi connectivity index (χ0) is 8.97. The Labute approximate surface area is 75.8 Å². The number of rotatable bonds is 1. The second-order valence-corrected chi connectivity index (χ2v) is 3.80. The summed E-state index contributed by atoms with van der Waals surface area (Å²) in [6.45, 7) is 10.6. The summed E-state index contributed by atoms with van der Waals surface area (Å²) in [6, 6.07) is 0.659. The monoisotopic (exact) mass is 165 g/mol. The van der Waals surface area contributed by atoms with Crippen LogP contribution in [0.25, 0.3) is 0 Å². The number of hydrogen-bond acceptors (Lipinski definition) is 1. The van der Waals surface area contributed by atoms with Gasteiger partial charge in [0.15, 0.2) is 0 Å². The highest BCUT2D eigenvalue weighted by Gasteiger charge is 2.14. The lowest BCUT2D eigenvalue weighted by molar-refractivity contribution is 0.246. The lowest BCUT2D eigenvalue weighted by atomic mass is 10.1. The predicted molar refractivity (Wildman–Crippen MR) is 53.2 cm³/mol. The van der Waals surface area contributed by atoms with Crippen LogP contribution in [0.4, 0.5) is 0 Å². The van der Waals surface area contributed by atoms with E-state index in [1.165, 1.54) is 31.4 Å². The standard InChI is InChI=1S/C11H19N/c1-4-11-7-5-6-8-12(9-11)10(2)3/h10H,1,5-9H2,2-3H3. The Balaban J connectivity index is 2.59. The molecule has 0 saturated carbocycles. The summed E-state index contributed by atoms with van der Waals surface area (Å²) < 4.78 is 0. The normalized spacial score (nSPS) is 20.8. The van der Waals surface area contributed by atoms with Crippen molar-refractivity contribution in [3.05, 3.63) is 17.9 Å². The van der Waals surface area contributed by atoms with Crippen LogP contribution in [-0.2, 0) is 0 Å². The van der Waals surface area contributed by atoms with E-state index in [2.05, 4.69) is 31.1 Å². The molecule has 0 aromatic carbocycles. The zero-order valence-electron chi connectivity index (χ0n) is 8.27. The molecule has 0 aromatic heterocycles. The van der Waals surface area contributed by atoms with Crippen molar-refractivity contribution in [2.45, 2.75) is 39.2 Å². The van der Waals surface area contributed by atoms with Gasteiger partial charge in [0.25, 0.3) is 0 Å². The van der Waals surface area contributed by atoms with E-state index in [0.717, 1.165) is 6.54 Å². The topological polar surface area (TPSA) is 3.24 Å². The first kappa shape index (κ1) is 9.57. The van der Waals surface area contributed by atoms with Crippen molar-refractivity contribution in [1.82, 2.24) is 4.90 Å². The molecular weight excluding hydrogens is 146 g/mol.